The minimum absolute atomic E-state index is 0.0886. The molecule has 0 radical (unpaired) electrons. The highest BCUT2D eigenvalue weighted by Crippen LogP contribution is 2.30. The first-order chi connectivity index (χ1) is 15.0. The second-order valence-corrected chi connectivity index (χ2v) is 8.25. The maximum Gasteiger partial charge on any atom is 0.325 e. The van der Waals surface area contributed by atoms with Crippen molar-refractivity contribution in [2.75, 3.05) is 13.1 Å². The number of carbonyl (C=O) groups excluding carboxylic acids is 3. The maximum atomic E-state index is 13.1. The summed E-state index contributed by atoms with van der Waals surface area (Å²) in [5.41, 5.74) is 0.958. The van der Waals surface area contributed by atoms with E-state index in [9.17, 15) is 18.8 Å². The summed E-state index contributed by atoms with van der Waals surface area (Å²) >= 11 is 0. The van der Waals surface area contributed by atoms with Gasteiger partial charge in [-0.3, -0.25) is 14.5 Å². The van der Waals surface area contributed by atoms with Crippen molar-refractivity contribution in [3.8, 4) is 0 Å². The normalized spacial score (nSPS) is 17.8. The number of aryl methyl sites for hydroxylation is 1. The zero-order valence-corrected chi connectivity index (χ0v) is 17.4. The number of nitrogens with one attached hydrogen (secondary N) is 1. The number of nitrogens with zero attached hydrogens (tertiary/aromatic N) is 2. The third-order valence-corrected chi connectivity index (χ3v) is 6.17. The maximum absolute atomic E-state index is 13.1. The van der Waals surface area contributed by atoms with Crippen molar-refractivity contribution in [1.82, 2.24) is 15.1 Å². The van der Waals surface area contributed by atoms with Gasteiger partial charge in [-0.1, -0.05) is 42.5 Å². The van der Waals surface area contributed by atoms with Crippen molar-refractivity contribution >= 4 is 17.8 Å². The molecule has 2 saturated heterocycles. The zero-order valence-electron chi connectivity index (χ0n) is 17.4. The highest BCUT2D eigenvalue weighted by Gasteiger charge is 2.52. The lowest BCUT2D eigenvalue weighted by Gasteiger charge is -2.37. The molecule has 2 fully saturated rings. The number of amides is 4. The number of hydrogen-bond acceptors (Lipinski definition) is 3. The molecule has 6 nitrogen and oxygen atoms in total. The minimum Gasteiger partial charge on any atom is -0.342 e. The summed E-state index contributed by atoms with van der Waals surface area (Å²) in [6, 6.07) is 15.4. The van der Waals surface area contributed by atoms with Crippen molar-refractivity contribution in [2.24, 2.45) is 0 Å². The van der Waals surface area contributed by atoms with Crippen LogP contribution in [0.5, 0.6) is 0 Å². The van der Waals surface area contributed by atoms with E-state index >= 15 is 0 Å². The molecule has 2 aliphatic rings. The zero-order chi connectivity index (χ0) is 21.8. The molecule has 2 aromatic carbocycles. The number of rotatable bonds is 6. The third-order valence-electron chi connectivity index (χ3n) is 6.17. The lowest BCUT2D eigenvalue weighted by atomic mass is 9.87. The fraction of sp³-hybridized carbons (Fsp3) is 0.375. The van der Waals surface area contributed by atoms with Crippen LogP contribution in [0.2, 0.25) is 0 Å². The number of carbonyl (C=O) groups is 3. The molecule has 2 aromatic rings. The van der Waals surface area contributed by atoms with Gasteiger partial charge in [-0.25, -0.2) is 9.18 Å². The van der Waals surface area contributed by atoms with Gasteiger partial charge in [0.2, 0.25) is 5.91 Å². The average Bonchev–Trinajstić information content (AvgIpc) is 3.00. The summed E-state index contributed by atoms with van der Waals surface area (Å²) in [7, 11) is 0. The van der Waals surface area contributed by atoms with E-state index in [1.165, 1.54) is 22.6 Å². The Morgan fingerprint density at radius 2 is 1.65 bits per heavy atom. The first-order valence-corrected chi connectivity index (χ1v) is 10.7. The van der Waals surface area contributed by atoms with Gasteiger partial charge in [-0.15, -0.1) is 0 Å². The van der Waals surface area contributed by atoms with Crippen LogP contribution in [0.1, 0.15) is 36.8 Å². The summed E-state index contributed by atoms with van der Waals surface area (Å²) in [6.45, 7) is 0.996. The molecule has 0 atom stereocenters. The van der Waals surface area contributed by atoms with Crippen LogP contribution in [0.3, 0.4) is 0 Å². The molecule has 1 spiro atoms. The molecule has 0 saturated carbocycles. The van der Waals surface area contributed by atoms with Gasteiger partial charge in [0.15, 0.2) is 0 Å². The van der Waals surface area contributed by atoms with Crippen molar-refractivity contribution in [1.29, 1.82) is 0 Å². The van der Waals surface area contributed by atoms with Gasteiger partial charge in [0.05, 0.1) is 6.54 Å². The van der Waals surface area contributed by atoms with Crippen LogP contribution in [-0.2, 0) is 22.6 Å². The quantitative estimate of drug-likeness (QED) is 0.725. The molecule has 0 aliphatic carbocycles. The number of hydrogen-bond donors (Lipinski definition) is 1. The Bertz CT molecular complexity index is 954. The summed E-state index contributed by atoms with van der Waals surface area (Å²) in [5.74, 6) is -0.540. The molecule has 31 heavy (non-hydrogen) atoms. The largest absolute Gasteiger partial charge is 0.342 e. The van der Waals surface area contributed by atoms with Crippen molar-refractivity contribution in [3.05, 3.63) is 71.5 Å². The highest BCUT2D eigenvalue weighted by molar-refractivity contribution is 6.07. The van der Waals surface area contributed by atoms with E-state index in [1.54, 1.807) is 17.0 Å². The van der Waals surface area contributed by atoms with Crippen LogP contribution in [0.15, 0.2) is 54.6 Å². The van der Waals surface area contributed by atoms with Crippen molar-refractivity contribution in [3.63, 3.8) is 0 Å². The Morgan fingerprint density at radius 3 is 2.32 bits per heavy atom. The Labute approximate surface area is 181 Å². The summed E-state index contributed by atoms with van der Waals surface area (Å²) < 4.78 is 13.1. The van der Waals surface area contributed by atoms with Crippen molar-refractivity contribution in [2.45, 2.75) is 44.2 Å². The molecule has 1 N–H and O–H groups in total. The van der Waals surface area contributed by atoms with Gasteiger partial charge in [-0.05, 0) is 48.9 Å². The lowest BCUT2D eigenvalue weighted by Crippen LogP contribution is -2.55. The predicted molar refractivity (Wildman–Crippen MR) is 113 cm³/mol. The van der Waals surface area contributed by atoms with Crippen LogP contribution in [0.4, 0.5) is 9.18 Å². The van der Waals surface area contributed by atoms with E-state index in [2.05, 4.69) is 17.4 Å². The standard InChI is InChI=1S/C24H26FN3O3/c25-20-11-9-19(10-12-20)17-28-22(30)24(26-23(28)31)13-15-27(16-14-24)21(29)8-4-7-18-5-2-1-3-6-18/h1-3,5-6,9-12H,4,7-8,13-17H2,(H,26,31). The highest BCUT2D eigenvalue weighted by atomic mass is 19.1. The molecular weight excluding hydrogens is 397 g/mol. The number of benzene rings is 2. The third kappa shape index (κ3) is 4.60. The Kier molecular flexibility index (Phi) is 6.02. The fourth-order valence-electron chi connectivity index (χ4n) is 4.32. The van der Waals surface area contributed by atoms with E-state index in [0.717, 1.165) is 12.8 Å². The fourth-order valence-corrected chi connectivity index (χ4v) is 4.32. The smallest absolute Gasteiger partial charge is 0.325 e. The molecule has 0 unspecified atom stereocenters. The number of imide groups is 1. The first kappa shape index (κ1) is 21.0. The Morgan fingerprint density at radius 1 is 0.968 bits per heavy atom. The number of urea groups is 1. The average molecular weight is 423 g/mol. The lowest BCUT2D eigenvalue weighted by molar-refractivity contribution is -0.138. The van der Waals surface area contributed by atoms with Gasteiger partial charge in [-0.2, -0.15) is 0 Å². The van der Waals surface area contributed by atoms with Crippen LogP contribution in [0.25, 0.3) is 0 Å². The van der Waals surface area contributed by atoms with E-state index < -0.39 is 11.6 Å². The molecule has 0 aromatic heterocycles. The van der Waals surface area contributed by atoms with Crippen LogP contribution >= 0.6 is 0 Å². The van der Waals surface area contributed by atoms with E-state index in [1.807, 2.05) is 18.2 Å². The second-order valence-electron chi connectivity index (χ2n) is 8.25. The van der Waals surface area contributed by atoms with Gasteiger partial charge in [0, 0.05) is 19.5 Å². The van der Waals surface area contributed by atoms with Gasteiger partial charge in [0.25, 0.3) is 5.91 Å². The summed E-state index contributed by atoms with van der Waals surface area (Å²) in [5, 5.41) is 2.85. The van der Waals surface area contributed by atoms with Gasteiger partial charge < -0.3 is 10.2 Å². The molecule has 4 amide bonds. The minimum atomic E-state index is -0.946. The molecule has 2 heterocycles. The van der Waals surface area contributed by atoms with E-state index in [-0.39, 0.29) is 24.2 Å². The van der Waals surface area contributed by atoms with Gasteiger partial charge in [0.1, 0.15) is 11.4 Å². The number of halogens is 1. The monoisotopic (exact) mass is 423 g/mol. The van der Waals surface area contributed by atoms with Crippen LogP contribution in [0, 0.1) is 5.82 Å². The summed E-state index contributed by atoms with van der Waals surface area (Å²) in [6.07, 6.45) is 2.92. The van der Waals surface area contributed by atoms with Crippen molar-refractivity contribution < 1.29 is 18.8 Å². The van der Waals surface area contributed by atoms with E-state index in [4.69, 9.17) is 0 Å². The Balaban J connectivity index is 1.29. The van der Waals surface area contributed by atoms with Crippen LogP contribution < -0.4 is 5.32 Å². The molecule has 2 aliphatic heterocycles. The number of likely N-dealkylation sites (tertiary alicyclic amines) is 1. The SMILES string of the molecule is O=C(CCCc1ccccc1)N1CCC2(CC1)NC(=O)N(Cc1ccc(F)cc1)C2=O. The van der Waals surface area contributed by atoms with Crippen LogP contribution in [-0.4, -0.2) is 46.3 Å². The first-order valence-electron chi connectivity index (χ1n) is 10.7. The van der Waals surface area contributed by atoms with Gasteiger partial charge >= 0.3 is 6.03 Å². The molecule has 7 heteroatoms. The molecule has 162 valence electrons. The Hall–Kier alpha value is -3.22. The van der Waals surface area contributed by atoms with E-state index in [0.29, 0.717) is 37.9 Å². The molecular formula is C24H26FN3O3. The molecule has 0 bridgehead atoms. The molecule has 4 rings (SSSR count). The number of piperidine rings is 1. The topological polar surface area (TPSA) is 69.7 Å². The second kappa shape index (κ2) is 8.88. The summed E-state index contributed by atoms with van der Waals surface area (Å²) in [4.78, 5) is 41.1. The predicted octanol–water partition coefficient (Wildman–Crippen LogP) is 3.26.